The molecule has 0 aliphatic rings. The average molecular weight is 733 g/mol. The smallest absolute Gasteiger partial charge is 0.316 e. The minimum Gasteiger partial charge on any atom is -0.425 e. The van der Waals surface area contributed by atoms with Crippen LogP contribution in [-0.2, 0) is 19.2 Å². The SMILES string of the molecule is CC(C)(C)C(=O)Oc1cccc(OC(=O)C(C)(C)C)c1-c1ccc2ccc3ccc(-c4c(OC(=O)C(C)(C)C)cccc4OC(=O)C(C)(C)C)nc3c2n1. The van der Waals surface area contributed by atoms with Crippen molar-refractivity contribution in [3.63, 3.8) is 0 Å². The molecular formula is C44H48N2O8. The molecule has 0 saturated heterocycles. The molecule has 2 heterocycles. The van der Waals surface area contributed by atoms with Gasteiger partial charge in [0.25, 0.3) is 0 Å². The molecule has 0 saturated carbocycles. The number of nitrogens with zero attached hydrogens (tertiary/aromatic N) is 2. The Labute approximate surface area is 316 Å². The largest absolute Gasteiger partial charge is 0.425 e. The molecule has 0 N–H and O–H groups in total. The zero-order chi connectivity index (χ0) is 40.0. The number of esters is 4. The average Bonchev–Trinajstić information content (AvgIpc) is 3.06. The van der Waals surface area contributed by atoms with Gasteiger partial charge in [-0.3, -0.25) is 19.2 Å². The van der Waals surface area contributed by atoms with E-state index in [1.54, 1.807) is 132 Å². The Balaban J connectivity index is 1.76. The lowest BCUT2D eigenvalue weighted by molar-refractivity contribution is -0.144. The lowest BCUT2D eigenvalue weighted by Crippen LogP contribution is -2.27. The van der Waals surface area contributed by atoms with E-state index in [0.717, 1.165) is 10.8 Å². The second-order valence-corrected chi connectivity index (χ2v) is 17.4. The molecule has 282 valence electrons. The van der Waals surface area contributed by atoms with Crippen LogP contribution in [0.25, 0.3) is 44.3 Å². The van der Waals surface area contributed by atoms with Gasteiger partial charge in [0.2, 0.25) is 0 Å². The molecule has 0 aliphatic heterocycles. The van der Waals surface area contributed by atoms with Crippen LogP contribution in [0.3, 0.4) is 0 Å². The summed E-state index contributed by atoms with van der Waals surface area (Å²) < 4.78 is 23.7. The van der Waals surface area contributed by atoms with Crippen molar-refractivity contribution in [3.8, 4) is 45.5 Å². The first-order valence-electron chi connectivity index (χ1n) is 17.8. The van der Waals surface area contributed by atoms with Gasteiger partial charge in [0, 0.05) is 10.8 Å². The summed E-state index contributed by atoms with van der Waals surface area (Å²) in [5.41, 5.74) is -0.909. The molecule has 0 radical (unpaired) electrons. The summed E-state index contributed by atoms with van der Waals surface area (Å²) in [6.07, 6.45) is 0. The van der Waals surface area contributed by atoms with Crippen molar-refractivity contribution in [2.24, 2.45) is 21.7 Å². The Hall–Kier alpha value is -5.64. The van der Waals surface area contributed by atoms with Crippen molar-refractivity contribution < 1.29 is 38.1 Å². The maximum absolute atomic E-state index is 13.1. The Morgan fingerprint density at radius 2 is 0.630 bits per heavy atom. The maximum atomic E-state index is 13.1. The number of aromatic nitrogens is 2. The molecular weight excluding hydrogens is 684 g/mol. The van der Waals surface area contributed by atoms with Crippen LogP contribution in [0.4, 0.5) is 0 Å². The summed E-state index contributed by atoms with van der Waals surface area (Å²) in [5, 5.41) is 1.50. The van der Waals surface area contributed by atoms with Crippen LogP contribution in [0, 0.1) is 21.7 Å². The number of fused-ring (bicyclic) bond motifs is 3. The van der Waals surface area contributed by atoms with Crippen molar-refractivity contribution in [3.05, 3.63) is 72.8 Å². The molecule has 0 atom stereocenters. The molecule has 3 aromatic carbocycles. The molecule has 10 nitrogen and oxygen atoms in total. The predicted octanol–water partition coefficient (Wildman–Crippen LogP) is 9.92. The monoisotopic (exact) mass is 732 g/mol. The van der Waals surface area contributed by atoms with E-state index in [2.05, 4.69) is 0 Å². The van der Waals surface area contributed by atoms with Crippen LogP contribution in [0.15, 0.2) is 72.8 Å². The second-order valence-electron chi connectivity index (χ2n) is 17.4. The summed E-state index contributed by atoms with van der Waals surface area (Å²) in [5.74, 6) is -1.21. The standard InChI is InChI=1S/C44H48N2O8/c1-41(2,3)37(47)51-29-15-13-16-30(52-38(48)42(4,5)6)33(29)27-23-21-25-19-20-26-22-24-28(46-36(26)35(25)45-27)34-31(53-39(49)43(7,8)9)17-14-18-32(34)54-40(50)44(10,11)12/h13-24H,1-12H3. The highest BCUT2D eigenvalue weighted by atomic mass is 16.6. The third-order valence-corrected chi connectivity index (χ3v) is 8.27. The number of benzene rings is 3. The van der Waals surface area contributed by atoms with E-state index in [4.69, 9.17) is 28.9 Å². The lowest BCUT2D eigenvalue weighted by Gasteiger charge is -2.22. The maximum Gasteiger partial charge on any atom is 0.316 e. The third kappa shape index (κ3) is 8.59. The van der Waals surface area contributed by atoms with Crippen molar-refractivity contribution in [2.45, 2.75) is 83.1 Å². The Morgan fingerprint density at radius 1 is 0.389 bits per heavy atom. The van der Waals surface area contributed by atoms with Gasteiger partial charge < -0.3 is 18.9 Å². The van der Waals surface area contributed by atoms with E-state index in [0.29, 0.717) is 33.5 Å². The van der Waals surface area contributed by atoms with E-state index < -0.39 is 45.5 Å². The molecule has 54 heavy (non-hydrogen) atoms. The van der Waals surface area contributed by atoms with Gasteiger partial charge in [0.1, 0.15) is 23.0 Å². The molecule has 0 amide bonds. The van der Waals surface area contributed by atoms with E-state index >= 15 is 0 Å². The fraction of sp³-hybridized carbons (Fsp3) is 0.364. The Bertz CT molecular complexity index is 2040. The fourth-order valence-electron chi connectivity index (χ4n) is 4.93. The van der Waals surface area contributed by atoms with Crippen LogP contribution >= 0.6 is 0 Å². The quantitative estimate of drug-likeness (QED) is 0.0944. The highest BCUT2D eigenvalue weighted by Gasteiger charge is 2.31. The summed E-state index contributed by atoms with van der Waals surface area (Å²) in [4.78, 5) is 62.7. The molecule has 0 fully saturated rings. The van der Waals surface area contributed by atoms with Gasteiger partial charge in [-0.05, 0) is 119 Å². The molecule has 0 aliphatic carbocycles. The summed E-state index contributed by atoms with van der Waals surface area (Å²) >= 11 is 0. The summed E-state index contributed by atoms with van der Waals surface area (Å²) in [6.45, 7) is 21.0. The van der Waals surface area contributed by atoms with Gasteiger partial charge in [-0.1, -0.05) is 36.4 Å². The molecule has 10 heteroatoms. The molecule has 2 aromatic heterocycles. The molecule has 0 spiro atoms. The number of hydrogen-bond acceptors (Lipinski definition) is 10. The number of ether oxygens (including phenoxy) is 4. The summed E-state index contributed by atoms with van der Waals surface area (Å²) in [7, 11) is 0. The number of rotatable bonds is 6. The highest BCUT2D eigenvalue weighted by molar-refractivity contribution is 6.05. The number of hydrogen-bond donors (Lipinski definition) is 0. The van der Waals surface area contributed by atoms with E-state index in [1.165, 1.54) is 0 Å². The highest BCUT2D eigenvalue weighted by Crippen LogP contribution is 2.43. The Morgan fingerprint density at radius 3 is 0.870 bits per heavy atom. The van der Waals surface area contributed by atoms with Gasteiger partial charge in [-0.25, -0.2) is 9.97 Å². The van der Waals surface area contributed by atoms with E-state index in [-0.39, 0.29) is 23.0 Å². The molecule has 5 aromatic rings. The third-order valence-electron chi connectivity index (χ3n) is 8.27. The fourth-order valence-corrected chi connectivity index (χ4v) is 4.93. The first-order valence-corrected chi connectivity index (χ1v) is 17.8. The number of carbonyl (C=O) groups excluding carboxylic acids is 4. The van der Waals surface area contributed by atoms with Crippen LogP contribution in [0.1, 0.15) is 83.1 Å². The van der Waals surface area contributed by atoms with Crippen LogP contribution in [-0.4, -0.2) is 33.8 Å². The van der Waals surface area contributed by atoms with E-state index in [9.17, 15) is 19.2 Å². The molecule has 0 unspecified atom stereocenters. The van der Waals surface area contributed by atoms with Gasteiger partial charge in [0.05, 0.1) is 55.2 Å². The van der Waals surface area contributed by atoms with Crippen molar-refractivity contribution in [1.29, 1.82) is 0 Å². The normalized spacial score (nSPS) is 12.4. The molecule has 5 rings (SSSR count). The summed E-state index contributed by atoms with van der Waals surface area (Å²) in [6, 6.07) is 20.9. The van der Waals surface area contributed by atoms with Crippen molar-refractivity contribution in [2.75, 3.05) is 0 Å². The zero-order valence-electron chi connectivity index (χ0n) is 33.1. The zero-order valence-corrected chi connectivity index (χ0v) is 33.1. The predicted molar refractivity (Wildman–Crippen MR) is 208 cm³/mol. The van der Waals surface area contributed by atoms with Gasteiger partial charge in [-0.15, -0.1) is 0 Å². The van der Waals surface area contributed by atoms with Gasteiger partial charge >= 0.3 is 23.9 Å². The lowest BCUT2D eigenvalue weighted by atomic mass is 9.97. The number of carbonyl (C=O) groups is 4. The van der Waals surface area contributed by atoms with Crippen LogP contribution < -0.4 is 18.9 Å². The Kier molecular flexibility index (Phi) is 10.5. The first kappa shape index (κ1) is 39.6. The van der Waals surface area contributed by atoms with E-state index in [1.807, 2.05) is 24.3 Å². The number of pyridine rings is 2. The van der Waals surface area contributed by atoms with Crippen LogP contribution in [0.5, 0.6) is 23.0 Å². The van der Waals surface area contributed by atoms with Gasteiger partial charge in [-0.2, -0.15) is 0 Å². The van der Waals surface area contributed by atoms with Crippen LogP contribution in [0.2, 0.25) is 0 Å². The minimum atomic E-state index is -0.819. The van der Waals surface area contributed by atoms with Gasteiger partial charge in [0.15, 0.2) is 0 Å². The second kappa shape index (κ2) is 14.3. The van der Waals surface area contributed by atoms with Crippen molar-refractivity contribution in [1.82, 2.24) is 9.97 Å². The van der Waals surface area contributed by atoms with Crippen molar-refractivity contribution >= 4 is 45.7 Å². The first-order chi connectivity index (χ1) is 24.9. The molecule has 0 bridgehead atoms. The minimum absolute atomic E-state index is 0.176. The topological polar surface area (TPSA) is 131 Å².